The molecule has 0 spiro atoms. The average molecular weight is 659 g/mol. The summed E-state index contributed by atoms with van der Waals surface area (Å²) in [5.74, 6) is 3.58. The molecule has 0 saturated heterocycles. The maximum atomic E-state index is 11.3. The molecule has 2 fully saturated rings. The number of halogens is 2. The van der Waals surface area contributed by atoms with Gasteiger partial charge in [0.1, 0.15) is 0 Å². The molecule has 0 N–H and O–H groups in total. The predicted octanol–water partition coefficient (Wildman–Crippen LogP) is 2.91. The van der Waals surface area contributed by atoms with E-state index in [4.69, 9.17) is 17.0 Å². The topological polar surface area (TPSA) is 65.7 Å². The van der Waals surface area contributed by atoms with Crippen LogP contribution in [0.3, 0.4) is 0 Å². The third-order valence-corrected chi connectivity index (χ3v) is 8.26. The number of aryl methyl sites for hydroxylation is 1. The van der Waals surface area contributed by atoms with Gasteiger partial charge in [0, 0.05) is 0 Å². The summed E-state index contributed by atoms with van der Waals surface area (Å²) in [5.41, 5.74) is 2.39. The summed E-state index contributed by atoms with van der Waals surface area (Å²) in [6.07, 6.45) is 4.13. The fourth-order valence-corrected chi connectivity index (χ4v) is 7.32. The third-order valence-electron chi connectivity index (χ3n) is 5.47. The molecule has 1 aromatic heterocycles. The summed E-state index contributed by atoms with van der Waals surface area (Å²) in [6.45, 7) is 8.58. The number of thiol groups is 1. The summed E-state index contributed by atoms with van der Waals surface area (Å²) in [6, 6.07) is 6.08. The van der Waals surface area contributed by atoms with Crippen molar-refractivity contribution in [2.45, 2.75) is 56.5 Å². The van der Waals surface area contributed by atoms with Crippen LogP contribution in [0.4, 0.5) is 0 Å². The number of ether oxygens (including phenoxy) is 1. The molecule has 3 unspecified atom stereocenters. The van der Waals surface area contributed by atoms with Crippen molar-refractivity contribution in [1.29, 1.82) is 0 Å². The van der Waals surface area contributed by atoms with Crippen molar-refractivity contribution in [1.82, 2.24) is 0 Å². The molecule has 1 aromatic carbocycles. The van der Waals surface area contributed by atoms with E-state index in [2.05, 4.69) is 25.6 Å². The molecule has 0 bridgehead atoms. The van der Waals surface area contributed by atoms with Gasteiger partial charge in [0.15, 0.2) is 5.62 Å². The largest absolute Gasteiger partial charge is 0.291 e. The first kappa shape index (κ1) is 25.9. The molecule has 0 aliphatic heterocycles. The third kappa shape index (κ3) is 6.13. The number of alkyl halides is 1. The van der Waals surface area contributed by atoms with Crippen molar-refractivity contribution < 1.29 is 43.0 Å². The number of hydrogen-bond acceptors (Lipinski definition) is 5. The van der Waals surface area contributed by atoms with E-state index in [-0.39, 0.29) is 3.42 Å². The Morgan fingerprint density at radius 3 is 2.47 bits per heavy atom. The van der Waals surface area contributed by atoms with Crippen LogP contribution in [0.15, 0.2) is 22.6 Å². The molecule has 5 nitrogen and oxygen atoms in total. The Morgan fingerprint density at radius 2 is 1.90 bits per heavy atom. The Bertz CT molecular complexity index is 845. The van der Waals surface area contributed by atoms with Gasteiger partial charge in [-0.3, -0.25) is 4.79 Å². The zero-order chi connectivity index (χ0) is 22.3. The Balaban J connectivity index is 0.000000590. The summed E-state index contributed by atoms with van der Waals surface area (Å²) in [4.78, 5) is 20.0. The van der Waals surface area contributed by atoms with E-state index >= 15 is 0 Å². The smallest absolute Gasteiger partial charge is 0.173 e. The minimum Gasteiger partial charge on any atom is -0.291 e. The van der Waals surface area contributed by atoms with Gasteiger partial charge in [-0.15, -0.1) is 12.6 Å². The predicted molar refractivity (Wildman–Crippen MR) is 127 cm³/mol. The number of carbonyl (C=O) groups excluding carboxylic acids is 2. The molecule has 168 valence electrons. The van der Waals surface area contributed by atoms with Gasteiger partial charge in [0.05, 0.1) is 0 Å². The monoisotopic (exact) mass is 659 g/mol. The molecular formula is C22H29I2O5S-. The second-order valence-electron chi connectivity index (χ2n) is 7.41. The summed E-state index contributed by atoms with van der Waals surface area (Å²) < 4.78 is 18.4. The zero-order valence-corrected chi connectivity index (χ0v) is 22.9. The quantitative estimate of drug-likeness (QED) is 0.163. The van der Waals surface area contributed by atoms with Gasteiger partial charge in [-0.05, 0) is 0 Å². The molecule has 2 aromatic rings. The number of hydrogen-bond donors (Lipinski definition) is 1. The molecule has 0 amide bonds. The summed E-state index contributed by atoms with van der Waals surface area (Å²) in [7, 11) is 0. The van der Waals surface area contributed by atoms with E-state index in [9.17, 15) is 4.79 Å². The molecule has 3 atom stereocenters. The number of rotatable bonds is 7. The minimum absolute atomic E-state index is 0.301. The van der Waals surface area contributed by atoms with Crippen LogP contribution in [-0.4, -0.2) is 22.6 Å². The van der Waals surface area contributed by atoms with E-state index in [0.717, 1.165) is 44.2 Å². The molecule has 0 radical (unpaired) electrons. The van der Waals surface area contributed by atoms with E-state index in [1.54, 1.807) is 0 Å². The number of fused-ring (bicyclic) bond motifs is 2. The SMILES string of the molecule is CC.Cc1oc2ccc(OC3CC4CC4C3)cc2c1C(C)(COI)[I-]C=O.O=CS. The fraction of sp³-hybridized carbons (Fsp3) is 0.545. The van der Waals surface area contributed by atoms with Crippen molar-refractivity contribution >= 4 is 56.5 Å². The minimum atomic E-state index is -0.707. The van der Waals surface area contributed by atoms with Crippen LogP contribution >= 0.6 is 35.6 Å². The molecule has 8 heteroatoms. The van der Waals surface area contributed by atoms with Gasteiger partial charge in [-0.1, -0.05) is 13.8 Å². The summed E-state index contributed by atoms with van der Waals surface area (Å²) >= 11 is 4.31. The number of carbonyl (C=O) groups is 2. The molecule has 30 heavy (non-hydrogen) atoms. The van der Waals surface area contributed by atoms with Crippen LogP contribution in [0.1, 0.15) is 51.4 Å². The average Bonchev–Trinajstić information content (AvgIpc) is 3.17. The molecule has 2 aliphatic rings. The van der Waals surface area contributed by atoms with E-state index < -0.39 is 21.2 Å². The first-order valence-corrected chi connectivity index (χ1v) is 13.8. The Labute approximate surface area is 208 Å². The summed E-state index contributed by atoms with van der Waals surface area (Å²) in [5, 5.41) is 1.05. The van der Waals surface area contributed by atoms with E-state index in [1.165, 1.54) is 19.3 Å². The van der Waals surface area contributed by atoms with Crippen molar-refractivity contribution in [2.75, 3.05) is 6.61 Å². The van der Waals surface area contributed by atoms with Crippen molar-refractivity contribution in [3.63, 3.8) is 0 Å². The maximum Gasteiger partial charge on any atom is 0.173 e. The van der Waals surface area contributed by atoms with Gasteiger partial charge in [-0.25, -0.2) is 0 Å². The maximum absolute atomic E-state index is 11.3. The number of furan rings is 1. The molecule has 4 rings (SSSR count). The standard InChI is InChI=1S/C19H21I2O4.C2H6.CH2OS/c1-11-18(19(2,9-23-20)21-10-22)16-8-14(3-4-17(16)24-11)25-15-6-12-5-13(12)7-15;1-2;2-1-3/h3-4,8,10,12-13,15H,5-7,9H2,1-2H3;1-2H3;1H,(H,2,3)/q-1;;. The van der Waals surface area contributed by atoms with Gasteiger partial charge in [0.25, 0.3) is 0 Å². The van der Waals surface area contributed by atoms with Crippen LogP contribution in [0.5, 0.6) is 5.75 Å². The van der Waals surface area contributed by atoms with Gasteiger partial charge < -0.3 is 0 Å². The Kier molecular flexibility index (Phi) is 10.4. The Hall–Kier alpha value is -0.330. The second kappa shape index (κ2) is 12.1. The van der Waals surface area contributed by atoms with Crippen molar-refractivity contribution in [3.05, 3.63) is 29.5 Å². The first-order chi connectivity index (χ1) is 14.5. The normalized spacial score (nSPS) is 23.3. The van der Waals surface area contributed by atoms with Crippen LogP contribution in [-0.2, 0) is 16.1 Å². The second-order valence-corrected chi connectivity index (χ2v) is 11.8. The van der Waals surface area contributed by atoms with E-state index in [0.29, 0.717) is 18.3 Å². The number of benzene rings is 1. The van der Waals surface area contributed by atoms with Crippen molar-refractivity contribution in [2.24, 2.45) is 11.8 Å². The van der Waals surface area contributed by atoms with Crippen LogP contribution in [0.25, 0.3) is 11.0 Å². The van der Waals surface area contributed by atoms with Crippen LogP contribution in [0, 0.1) is 18.8 Å². The first-order valence-electron chi connectivity index (χ1n) is 10.1. The molecular weight excluding hydrogens is 630 g/mol. The zero-order valence-electron chi connectivity index (χ0n) is 17.7. The van der Waals surface area contributed by atoms with E-state index in [1.807, 2.05) is 55.9 Å². The van der Waals surface area contributed by atoms with Crippen LogP contribution in [0.2, 0.25) is 0 Å². The van der Waals surface area contributed by atoms with Crippen molar-refractivity contribution in [3.8, 4) is 5.75 Å². The Morgan fingerprint density at radius 1 is 1.27 bits per heavy atom. The van der Waals surface area contributed by atoms with Gasteiger partial charge >= 0.3 is 173 Å². The van der Waals surface area contributed by atoms with Crippen LogP contribution < -0.4 is 25.9 Å². The molecule has 2 aliphatic carbocycles. The van der Waals surface area contributed by atoms with Gasteiger partial charge in [-0.2, -0.15) is 0 Å². The molecule has 1 heterocycles. The fourth-order valence-electron chi connectivity index (χ4n) is 4.23. The van der Waals surface area contributed by atoms with Gasteiger partial charge in [0.2, 0.25) is 0 Å². The molecule has 2 saturated carbocycles.